The maximum Gasteiger partial charge on any atom is 0.255 e. The van der Waals surface area contributed by atoms with E-state index in [1.165, 1.54) is 0 Å². The lowest BCUT2D eigenvalue weighted by atomic mass is 9.99. The number of rotatable bonds is 6. The number of carbonyl (C=O) groups excluding carboxylic acids is 2. The van der Waals surface area contributed by atoms with Crippen LogP contribution in [0.2, 0.25) is 5.02 Å². The van der Waals surface area contributed by atoms with Crippen molar-refractivity contribution in [1.29, 1.82) is 0 Å². The molecule has 1 N–H and O–H groups in total. The van der Waals surface area contributed by atoms with Gasteiger partial charge in [-0.3, -0.25) is 9.59 Å². The van der Waals surface area contributed by atoms with Gasteiger partial charge in [-0.15, -0.1) is 0 Å². The van der Waals surface area contributed by atoms with Crippen LogP contribution in [0.15, 0.2) is 103 Å². The Kier molecular flexibility index (Phi) is 6.15. The molecule has 0 saturated carbocycles. The summed E-state index contributed by atoms with van der Waals surface area (Å²) in [5.74, 6) is -0.369. The number of benzene rings is 4. The molecule has 0 bridgehead atoms. The second-order valence-electron chi connectivity index (χ2n) is 8.26. The zero-order chi connectivity index (χ0) is 23.5. The SMILES string of the molecule is O=C(NCc1ccccc1Cl)C1c2ccccc2C(=O)N1Cc1ccccc1-c1ccccc1. The van der Waals surface area contributed by atoms with Gasteiger partial charge >= 0.3 is 0 Å². The van der Waals surface area contributed by atoms with Gasteiger partial charge in [0.05, 0.1) is 0 Å². The molecule has 5 heteroatoms. The minimum Gasteiger partial charge on any atom is -0.350 e. The second kappa shape index (κ2) is 9.54. The first-order chi connectivity index (χ1) is 16.6. The van der Waals surface area contributed by atoms with Crippen LogP contribution in [0.5, 0.6) is 0 Å². The first kappa shape index (κ1) is 21.9. The van der Waals surface area contributed by atoms with Gasteiger partial charge in [-0.1, -0.05) is 103 Å². The quantitative estimate of drug-likeness (QED) is 0.377. The third-order valence-electron chi connectivity index (χ3n) is 6.16. The van der Waals surface area contributed by atoms with Crippen molar-refractivity contribution >= 4 is 23.4 Å². The van der Waals surface area contributed by atoms with Crippen molar-refractivity contribution in [3.8, 4) is 11.1 Å². The molecule has 0 aliphatic carbocycles. The number of amides is 2. The molecular formula is C29H23ClN2O2. The summed E-state index contributed by atoms with van der Waals surface area (Å²) in [6.45, 7) is 0.614. The van der Waals surface area contributed by atoms with E-state index in [1.54, 1.807) is 17.0 Å². The Hall–Kier alpha value is -3.89. The Labute approximate surface area is 203 Å². The zero-order valence-electron chi connectivity index (χ0n) is 18.4. The van der Waals surface area contributed by atoms with E-state index >= 15 is 0 Å². The van der Waals surface area contributed by atoms with Crippen LogP contribution in [0.4, 0.5) is 0 Å². The molecule has 0 spiro atoms. The maximum atomic E-state index is 13.4. The molecule has 0 radical (unpaired) electrons. The molecule has 34 heavy (non-hydrogen) atoms. The average Bonchev–Trinajstić information content (AvgIpc) is 3.16. The molecule has 1 aliphatic heterocycles. The Balaban J connectivity index is 1.46. The van der Waals surface area contributed by atoms with E-state index in [1.807, 2.05) is 91.0 Å². The predicted molar refractivity (Wildman–Crippen MR) is 134 cm³/mol. The minimum atomic E-state index is -0.713. The topological polar surface area (TPSA) is 49.4 Å². The van der Waals surface area contributed by atoms with Crippen LogP contribution in [0.3, 0.4) is 0 Å². The molecule has 2 amide bonds. The number of carbonyl (C=O) groups is 2. The highest BCUT2D eigenvalue weighted by Gasteiger charge is 2.41. The third-order valence-corrected chi connectivity index (χ3v) is 6.53. The molecule has 1 atom stereocenters. The highest BCUT2D eigenvalue weighted by Crippen LogP contribution is 2.36. The zero-order valence-corrected chi connectivity index (χ0v) is 19.2. The Morgan fingerprint density at radius 1 is 0.765 bits per heavy atom. The van der Waals surface area contributed by atoms with Crippen molar-refractivity contribution in [3.63, 3.8) is 0 Å². The monoisotopic (exact) mass is 466 g/mol. The van der Waals surface area contributed by atoms with Crippen LogP contribution in [0, 0.1) is 0 Å². The largest absolute Gasteiger partial charge is 0.350 e. The standard InChI is InChI=1S/C29H23ClN2O2/c30-26-17-9-5-12-21(26)18-31-28(33)27-24-15-7-8-16-25(24)29(34)32(27)19-22-13-4-6-14-23(22)20-10-2-1-3-11-20/h1-17,27H,18-19H2,(H,31,33). The molecule has 0 aromatic heterocycles. The molecule has 4 aromatic rings. The number of nitrogens with one attached hydrogen (secondary N) is 1. The van der Waals surface area contributed by atoms with Gasteiger partial charge < -0.3 is 10.2 Å². The summed E-state index contributed by atoms with van der Waals surface area (Å²) >= 11 is 6.27. The van der Waals surface area contributed by atoms with E-state index in [4.69, 9.17) is 11.6 Å². The molecule has 168 valence electrons. The maximum absolute atomic E-state index is 13.4. The van der Waals surface area contributed by atoms with Gasteiger partial charge in [-0.05, 0) is 39.9 Å². The van der Waals surface area contributed by atoms with Crippen molar-refractivity contribution in [2.24, 2.45) is 0 Å². The number of halogens is 1. The van der Waals surface area contributed by atoms with Crippen molar-refractivity contribution in [2.45, 2.75) is 19.1 Å². The first-order valence-electron chi connectivity index (χ1n) is 11.2. The van der Waals surface area contributed by atoms with Crippen molar-refractivity contribution < 1.29 is 9.59 Å². The van der Waals surface area contributed by atoms with Gasteiger partial charge in [0.1, 0.15) is 6.04 Å². The van der Waals surface area contributed by atoms with Gasteiger partial charge in [-0.25, -0.2) is 0 Å². The lowest BCUT2D eigenvalue weighted by molar-refractivity contribution is -0.125. The van der Waals surface area contributed by atoms with Gasteiger partial charge in [0, 0.05) is 23.7 Å². The highest BCUT2D eigenvalue weighted by atomic mass is 35.5. The van der Waals surface area contributed by atoms with Crippen LogP contribution in [-0.4, -0.2) is 16.7 Å². The number of nitrogens with zero attached hydrogens (tertiary/aromatic N) is 1. The summed E-state index contributed by atoms with van der Waals surface area (Å²) in [6.07, 6.45) is 0. The van der Waals surface area contributed by atoms with Gasteiger partial charge in [0.25, 0.3) is 5.91 Å². The fourth-order valence-electron chi connectivity index (χ4n) is 4.48. The molecule has 5 rings (SSSR count). The number of hydrogen-bond donors (Lipinski definition) is 1. The second-order valence-corrected chi connectivity index (χ2v) is 8.66. The highest BCUT2D eigenvalue weighted by molar-refractivity contribution is 6.31. The van der Waals surface area contributed by atoms with Gasteiger partial charge in [0.2, 0.25) is 5.91 Å². The number of hydrogen-bond acceptors (Lipinski definition) is 2. The first-order valence-corrected chi connectivity index (χ1v) is 11.6. The van der Waals surface area contributed by atoms with Crippen LogP contribution < -0.4 is 5.32 Å². The summed E-state index contributed by atoms with van der Waals surface area (Å²) in [5.41, 5.74) is 5.22. The van der Waals surface area contributed by atoms with Gasteiger partial charge in [0.15, 0.2) is 0 Å². The van der Waals surface area contributed by atoms with E-state index in [-0.39, 0.29) is 11.8 Å². The van der Waals surface area contributed by atoms with Crippen LogP contribution >= 0.6 is 11.6 Å². The van der Waals surface area contributed by atoms with Crippen LogP contribution in [0.25, 0.3) is 11.1 Å². The Morgan fingerprint density at radius 3 is 2.15 bits per heavy atom. The third kappa shape index (κ3) is 4.20. The van der Waals surface area contributed by atoms with Crippen LogP contribution in [0.1, 0.15) is 33.1 Å². The molecule has 1 unspecified atom stereocenters. The molecule has 0 saturated heterocycles. The Bertz CT molecular complexity index is 1350. The average molecular weight is 467 g/mol. The van der Waals surface area contributed by atoms with E-state index in [0.29, 0.717) is 23.7 Å². The lowest BCUT2D eigenvalue weighted by Gasteiger charge is -2.26. The Morgan fingerprint density at radius 2 is 1.38 bits per heavy atom. The molecular weight excluding hydrogens is 444 g/mol. The fraction of sp³-hybridized carbons (Fsp3) is 0.103. The predicted octanol–water partition coefficient (Wildman–Crippen LogP) is 6.02. The van der Waals surface area contributed by atoms with Crippen molar-refractivity contribution in [3.05, 3.63) is 130 Å². The van der Waals surface area contributed by atoms with E-state index in [0.717, 1.165) is 27.8 Å². The van der Waals surface area contributed by atoms with E-state index in [2.05, 4.69) is 5.32 Å². The smallest absolute Gasteiger partial charge is 0.255 e. The van der Waals surface area contributed by atoms with Gasteiger partial charge in [-0.2, -0.15) is 0 Å². The van der Waals surface area contributed by atoms with Crippen molar-refractivity contribution in [2.75, 3.05) is 0 Å². The molecule has 0 fully saturated rings. The van der Waals surface area contributed by atoms with Crippen LogP contribution in [-0.2, 0) is 17.9 Å². The summed E-state index contributed by atoms with van der Waals surface area (Å²) in [6, 6.07) is 32.1. The lowest BCUT2D eigenvalue weighted by Crippen LogP contribution is -2.38. The molecule has 4 nitrogen and oxygen atoms in total. The summed E-state index contributed by atoms with van der Waals surface area (Å²) in [4.78, 5) is 28.5. The fourth-order valence-corrected chi connectivity index (χ4v) is 4.68. The summed E-state index contributed by atoms with van der Waals surface area (Å²) in [7, 11) is 0. The van der Waals surface area contributed by atoms with E-state index < -0.39 is 6.04 Å². The van der Waals surface area contributed by atoms with Crippen molar-refractivity contribution in [1.82, 2.24) is 10.2 Å². The molecule has 1 aliphatic rings. The minimum absolute atomic E-state index is 0.142. The summed E-state index contributed by atoms with van der Waals surface area (Å²) in [5, 5.41) is 3.58. The van der Waals surface area contributed by atoms with E-state index in [9.17, 15) is 9.59 Å². The number of fused-ring (bicyclic) bond motifs is 1. The molecule has 4 aromatic carbocycles. The summed E-state index contributed by atoms with van der Waals surface area (Å²) < 4.78 is 0. The molecule has 1 heterocycles. The normalized spacial score (nSPS) is 14.7.